The van der Waals surface area contributed by atoms with Gasteiger partial charge in [0.05, 0.1) is 11.9 Å². The van der Waals surface area contributed by atoms with Crippen LogP contribution in [-0.4, -0.2) is 43.6 Å². The van der Waals surface area contributed by atoms with E-state index in [9.17, 15) is 0 Å². The van der Waals surface area contributed by atoms with Gasteiger partial charge in [-0.15, -0.1) is 0 Å². The third-order valence-corrected chi connectivity index (χ3v) is 2.43. The van der Waals surface area contributed by atoms with Crippen molar-refractivity contribution in [1.29, 1.82) is 5.41 Å². The van der Waals surface area contributed by atoms with Gasteiger partial charge in [0.25, 0.3) is 0 Å². The zero-order chi connectivity index (χ0) is 11.1. The molecule has 4 nitrogen and oxygen atoms in total. The van der Waals surface area contributed by atoms with Gasteiger partial charge in [-0.3, -0.25) is 5.41 Å². The second-order valence-corrected chi connectivity index (χ2v) is 3.75. The number of likely N-dealkylation sites (N-methyl/N-ethyl adjacent to an activating group) is 1. The molecule has 0 fully saturated rings. The van der Waals surface area contributed by atoms with E-state index in [2.05, 4.69) is 11.8 Å². The van der Waals surface area contributed by atoms with Crippen molar-refractivity contribution in [3.05, 3.63) is 0 Å². The number of methoxy groups -OCH3 is 1. The molecule has 0 aliphatic heterocycles. The molecular formula is C10H23N3O. The quantitative estimate of drug-likeness (QED) is 0.475. The van der Waals surface area contributed by atoms with Crippen molar-refractivity contribution in [3.63, 3.8) is 0 Å². The van der Waals surface area contributed by atoms with Crippen LogP contribution in [0.4, 0.5) is 0 Å². The highest BCUT2D eigenvalue weighted by molar-refractivity contribution is 5.79. The summed E-state index contributed by atoms with van der Waals surface area (Å²) < 4.78 is 5.20. The largest absolute Gasteiger partial charge is 0.387 e. The summed E-state index contributed by atoms with van der Waals surface area (Å²) in [5.74, 6) is 0.382. The average molecular weight is 201 g/mol. The minimum Gasteiger partial charge on any atom is -0.387 e. The first-order valence-corrected chi connectivity index (χ1v) is 5.10. The van der Waals surface area contributed by atoms with Crippen LogP contribution in [0.2, 0.25) is 0 Å². The highest BCUT2D eigenvalue weighted by Gasteiger charge is 2.13. The standard InChI is InChI=1S/C10H23N3O/c1-5-13(7-9(3)14-4)6-8(2)10(11)12/h8-9H,5-7H2,1-4H3,(H3,11,12). The first-order chi connectivity index (χ1) is 6.51. The Morgan fingerprint density at radius 1 is 1.43 bits per heavy atom. The Kier molecular flexibility index (Phi) is 6.49. The summed E-state index contributed by atoms with van der Waals surface area (Å²) in [7, 11) is 1.72. The van der Waals surface area contributed by atoms with Gasteiger partial charge in [0, 0.05) is 26.1 Å². The van der Waals surface area contributed by atoms with E-state index in [-0.39, 0.29) is 17.9 Å². The van der Waals surface area contributed by atoms with Gasteiger partial charge >= 0.3 is 0 Å². The first kappa shape index (κ1) is 13.4. The molecule has 0 bridgehead atoms. The van der Waals surface area contributed by atoms with E-state index in [0.717, 1.165) is 19.6 Å². The number of hydrogen-bond acceptors (Lipinski definition) is 3. The van der Waals surface area contributed by atoms with Crippen molar-refractivity contribution >= 4 is 5.84 Å². The van der Waals surface area contributed by atoms with Crippen LogP contribution < -0.4 is 5.73 Å². The predicted molar refractivity (Wildman–Crippen MR) is 59.7 cm³/mol. The second-order valence-electron chi connectivity index (χ2n) is 3.75. The van der Waals surface area contributed by atoms with Crippen LogP contribution in [0.5, 0.6) is 0 Å². The molecule has 0 radical (unpaired) electrons. The lowest BCUT2D eigenvalue weighted by atomic mass is 10.1. The zero-order valence-electron chi connectivity index (χ0n) is 9.71. The molecule has 0 saturated carbocycles. The Labute approximate surface area is 86.9 Å². The van der Waals surface area contributed by atoms with Crippen molar-refractivity contribution < 1.29 is 4.74 Å². The second kappa shape index (κ2) is 6.79. The molecule has 0 aliphatic carbocycles. The maximum absolute atomic E-state index is 7.32. The summed E-state index contributed by atoms with van der Waals surface area (Å²) in [6, 6.07) is 0. The van der Waals surface area contributed by atoms with Crippen LogP contribution in [0.15, 0.2) is 0 Å². The molecule has 2 atom stereocenters. The maximum atomic E-state index is 7.32. The fourth-order valence-corrected chi connectivity index (χ4v) is 1.26. The van der Waals surface area contributed by atoms with Gasteiger partial charge in [0.1, 0.15) is 0 Å². The molecule has 0 heterocycles. The maximum Gasteiger partial charge on any atom is 0.0947 e. The fraction of sp³-hybridized carbons (Fsp3) is 0.900. The Morgan fingerprint density at radius 3 is 2.36 bits per heavy atom. The molecule has 3 N–H and O–H groups in total. The normalized spacial score (nSPS) is 15.5. The van der Waals surface area contributed by atoms with E-state index in [1.807, 2.05) is 13.8 Å². The molecule has 0 aromatic carbocycles. The first-order valence-electron chi connectivity index (χ1n) is 5.10. The molecule has 0 spiro atoms. The third-order valence-electron chi connectivity index (χ3n) is 2.43. The van der Waals surface area contributed by atoms with Crippen molar-refractivity contribution in [1.82, 2.24) is 4.90 Å². The number of hydrogen-bond donors (Lipinski definition) is 2. The zero-order valence-corrected chi connectivity index (χ0v) is 9.71. The molecule has 0 aliphatic rings. The summed E-state index contributed by atoms with van der Waals surface area (Å²) in [6.45, 7) is 8.81. The summed E-state index contributed by atoms with van der Waals surface area (Å²) >= 11 is 0. The molecule has 0 aromatic heterocycles. The lowest BCUT2D eigenvalue weighted by molar-refractivity contribution is 0.0766. The fourth-order valence-electron chi connectivity index (χ4n) is 1.26. The lowest BCUT2D eigenvalue weighted by Crippen LogP contribution is -2.38. The van der Waals surface area contributed by atoms with Gasteiger partial charge in [-0.1, -0.05) is 13.8 Å². The van der Waals surface area contributed by atoms with Gasteiger partial charge < -0.3 is 15.4 Å². The highest BCUT2D eigenvalue weighted by Crippen LogP contribution is 2.01. The SMILES string of the molecule is CCN(CC(C)OC)CC(C)C(=N)N. The van der Waals surface area contributed by atoms with Gasteiger partial charge in [-0.25, -0.2) is 0 Å². The van der Waals surface area contributed by atoms with Gasteiger partial charge in [-0.05, 0) is 13.5 Å². The predicted octanol–water partition coefficient (Wildman–Crippen LogP) is 0.915. The van der Waals surface area contributed by atoms with Crippen LogP contribution in [0.1, 0.15) is 20.8 Å². The van der Waals surface area contributed by atoms with Crippen molar-refractivity contribution in [2.24, 2.45) is 11.7 Å². The summed E-state index contributed by atoms with van der Waals surface area (Å²) in [5, 5.41) is 7.32. The topological polar surface area (TPSA) is 62.3 Å². The number of nitrogens with zero attached hydrogens (tertiary/aromatic N) is 1. The number of ether oxygens (including phenoxy) is 1. The van der Waals surface area contributed by atoms with Gasteiger partial charge in [0.2, 0.25) is 0 Å². The molecular weight excluding hydrogens is 178 g/mol. The van der Waals surface area contributed by atoms with E-state index in [1.165, 1.54) is 0 Å². The Balaban J connectivity index is 3.96. The smallest absolute Gasteiger partial charge is 0.0947 e. The van der Waals surface area contributed by atoms with Crippen molar-refractivity contribution in [3.8, 4) is 0 Å². The molecule has 2 unspecified atom stereocenters. The molecule has 0 saturated heterocycles. The summed E-state index contributed by atoms with van der Waals surface area (Å²) in [6.07, 6.45) is 0.231. The number of rotatable bonds is 7. The summed E-state index contributed by atoms with van der Waals surface area (Å²) in [5.41, 5.74) is 5.43. The number of amidine groups is 1. The van der Waals surface area contributed by atoms with Crippen LogP contribution in [0.3, 0.4) is 0 Å². The Hall–Kier alpha value is -0.610. The van der Waals surface area contributed by atoms with Crippen LogP contribution in [0.25, 0.3) is 0 Å². The molecule has 0 amide bonds. The van der Waals surface area contributed by atoms with Crippen LogP contribution in [0, 0.1) is 11.3 Å². The van der Waals surface area contributed by atoms with E-state index in [0.29, 0.717) is 0 Å². The van der Waals surface area contributed by atoms with Crippen molar-refractivity contribution in [2.45, 2.75) is 26.9 Å². The van der Waals surface area contributed by atoms with E-state index >= 15 is 0 Å². The van der Waals surface area contributed by atoms with E-state index < -0.39 is 0 Å². The van der Waals surface area contributed by atoms with E-state index in [1.54, 1.807) is 7.11 Å². The minimum absolute atomic E-state index is 0.124. The monoisotopic (exact) mass is 201 g/mol. The Morgan fingerprint density at radius 2 is 2.00 bits per heavy atom. The Bertz CT molecular complexity index is 173. The lowest BCUT2D eigenvalue weighted by Gasteiger charge is -2.26. The minimum atomic E-state index is 0.124. The van der Waals surface area contributed by atoms with Crippen molar-refractivity contribution in [2.75, 3.05) is 26.7 Å². The molecule has 14 heavy (non-hydrogen) atoms. The molecule has 0 rings (SSSR count). The van der Waals surface area contributed by atoms with Crippen LogP contribution in [-0.2, 0) is 4.74 Å². The third kappa shape index (κ3) is 5.19. The summed E-state index contributed by atoms with van der Waals surface area (Å²) in [4.78, 5) is 2.25. The number of nitrogens with one attached hydrogen (secondary N) is 1. The molecule has 84 valence electrons. The average Bonchev–Trinajstić information content (AvgIpc) is 2.16. The van der Waals surface area contributed by atoms with Crippen LogP contribution >= 0.6 is 0 Å². The van der Waals surface area contributed by atoms with Gasteiger partial charge in [-0.2, -0.15) is 0 Å². The van der Waals surface area contributed by atoms with E-state index in [4.69, 9.17) is 15.9 Å². The highest BCUT2D eigenvalue weighted by atomic mass is 16.5. The molecule has 4 heteroatoms. The van der Waals surface area contributed by atoms with Gasteiger partial charge in [0.15, 0.2) is 0 Å². The molecule has 0 aromatic rings. The number of nitrogens with two attached hydrogens (primary N) is 1.